The van der Waals surface area contributed by atoms with Crippen molar-refractivity contribution in [2.45, 2.75) is 20.4 Å². The van der Waals surface area contributed by atoms with Crippen molar-refractivity contribution in [3.8, 4) is 5.82 Å². The first kappa shape index (κ1) is 15.2. The van der Waals surface area contributed by atoms with E-state index >= 15 is 0 Å². The molecule has 0 unspecified atom stereocenters. The van der Waals surface area contributed by atoms with E-state index in [0.717, 1.165) is 33.4 Å². The lowest BCUT2D eigenvalue weighted by molar-refractivity contribution is 0.773. The summed E-state index contributed by atoms with van der Waals surface area (Å²) in [7, 11) is 2.01. The molecule has 7 heteroatoms. The van der Waals surface area contributed by atoms with Gasteiger partial charge in [0.1, 0.15) is 0 Å². The highest BCUT2D eigenvalue weighted by Crippen LogP contribution is 2.24. The molecule has 0 bridgehead atoms. The number of halogens is 1. The molecule has 0 aromatic carbocycles. The van der Waals surface area contributed by atoms with Crippen LogP contribution in [0.3, 0.4) is 0 Å². The van der Waals surface area contributed by atoms with Gasteiger partial charge in [0, 0.05) is 17.6 Å². The number of aryl methyl sites for hydroxylation is 2. The maximum atomic E-state index is 4.42. The van der Waals surface area contributed by atoms with E-state index in [1.807, 2.05) is 43.8 Å². The van der Waals surface area contributed by atoms with Crippen LogP contribution in [0.4, 0.5) is 5.82 Å². The molecule has 22 heavy (non-hydrogen) atoms. The molecule has 3 heterocycles. The Balaban J connectivity index is 1.77. The van der Waals surface area contributed by atoms with E-state index in [-0.39, 0.29) is 0 Å². The summed E-state index contributed by atoms with van der Waals surface area (Å²) in [4.78, 5) is 3.36. The van der Waals surface area contributed by atoms with Crippen LogP contribution in [0.15, 0.2) is 34.1 Å². The third kappa shape index (κ3) is 3.20. The summed E-state index contributed by atoms with van der Waals surface area (Å²) in [6.07, 6.45) is 0. The van der Waals surface area contributed by atoms with Crippen LogP contribution in [0, 0.1) is 13.8 Å². The van der Waals surface area contributed by atoms with Gasteiger partial charge in [-0.15, -0.1) is 21.5 Å². The minimum absolute atomic E-state index is 0.738. The van der Waals surface area contributed by atoms with E-state index < -0.39 is 0 Å². The van der Waals surface area contributed by atoms with E-state index in [9.17, 15) is 0 Å². The number of anilines is 1. The maximum Gasteiger partial charge on any atom is 0.176 e. The Morgan fingerprint density at radius 2 is 2.00 bits per heavy atom. The molecule has 0 fully saturated rings. The Morgan fingerprint density at radius 1 is 1.18 bits per heavy atom. The second-order valence-electron chi connectivity index (χ2n) is 5.15. The average Bonchev–Trinajstić information content (AvgIpc) is 3.04. The van der Waals surface area contributed by atoms with Gasteiger partial charge in [-0.3, -0.25) is 0 Å². The van der Waals surface area contributed by atoms with Crippen molar-refractivity contribution in [3.05, 3.63) is 50.4 Å². The lowest BCUT2D eigenvalue weighted by Crippen LogP contribution is -2.18. The average molecular weight is 378 g/mol. The van der Waals surface area contributed by atoms with Crippen molar-refractivity contribution in [1.29, 1.82) is 0 Å². The van der Waals surface area contributed by atoms with Gasteiger partial charge in [0.25, 0.3) is 0 Å². The summed E-state index contributed by atoms with van der Waals surface area (Å²) in [6.45, 7) is 4.79. The van der Waals surface area contributed by atoms with Crippen LogP contribution >= 0.6 is 27.3 Å². The van der Waals surface area contributed by atoms with Crippen LogP contribution < -0.4 is 4.90 Å². The van der Waals surface area contributed by atoms with Crippen LogP contribution in [0.5, 0.6) is 0 Å². The fourth-order valence-electron chi connectivity index (χ4n) is 2.25. The van der Waals surface area contributed by atoms with E-state index in [2.05, 4.69) is 48.3 Å². The Hall–Kier alpha value is -1.73. The number of rotatable bonds is 4. The number of aromatic nitrogens is 4. The molecule has 0 spiro atoms. The quantitative estimate of drug-likeness (QED) is 0.694. The Labute approximate surface area is 141 Å². The SMILES string of the molecule is Cc1cc(C)n(-c2ccc(N(C)Cc3ccc(Br)s3)nn2)n1. The summed E-state index contributed by atoms with van der Waals surface area (Å²) in [5.41, 5.74) is 2.03. The normalized spacial score (nSPS) is 10.9. The van der Waals surface area contributed by atoms with Crippen molar-refractivity contribution in [2.24, 2.45) is 0 Å². The summed E-state index contributed by atoms with van der Waals surface area (Å²) < 4.78 is 2.95. The molecule has 3 aromatic heterocycles. The zero-order valence-electron chi connectivity index (χ0n) is 12.6. The lowest BCUT2D eigenvalue weighted by Gasteiger charge is -2.16. The molecule has 0 aliphatic carbocycles. The van der Waals surface area contributed by atoms with E-state index in [4.69, 9.17) is 0 Å². The number of nitrogens with zero attached hydrogens (tertiary/aromatic N) is 5. The van der Waals surface area contributed by atoms with Crippen LogP contribution in [0.1, 0.15) is 16.3 Å². The van der Waals surface area contributed by atoms with Gasteiger partial charge in [0.2, 0.25) is 0 Å². The number of hydrogen-bond donors (Lipinski definition) is 0. The standard InChI is InChI=1S/C15H16BrN5S/c1-10-8-11(2)21(19-10)15-7-6-14(17-18-15)20(3)9-12-4-5-13(16)22-12/h4-8H,9H2,1-3H3. The Kier molecular flexibility index (Phi) is 4.26. The predicted molar refractivity (Wildman–Crippen MR) is 92.8 cm³/mol. The van der Waals surface area contributed by atoms with Crippen molar-refractivity contribution in [3.63, 3.8) is 0 Å². The van der Waals surface area contributed by atoms with Crippen molar-refractivity contribution in [1.82, 2.24) is 20.0 Å². The highest BCUT2D eigenvalue weighted by atomic mass is 79.9. The van der Waals surface area contributed by atoms with Gasteiger partial charge in [0.05, 0.1) is 16.0 Å². The monoisotopic (exact) mass is 377 g/mol. The fraction of sp³-hybridized carbons (Fsp3) is 0.267. The predicted octanol–water partition coefficient (Wildman–Crippen LogP) is 3.74. The largest absolute Gasteiger partial charge is 0.353 e. The van der Waals surface area contributed by atoms with Crippen molar-refractivity contribution >= 4 is 33.1 Å². The molecule has 114 valence electrons. The van der Waals surface area contributed by atoms with Crippen molar-refractivity contribution in [2.75, 3.05) is 11.9 Å². The van der Waals surface area contributed by atoms with Crippen LogP contribution in [-0.4, -0.2) is 27.0 Å². The first-order valence-corrected chi connectivity index (χ1v) is 8.46. The molecule has 0 saturated heterocycles. The molecule has 3 aromatic rings. The minimum atomic E-state index is 0.738. The maximum absolute atomic E-state index is 4.42. The Morgan fingerprint density at radius 3 is 2.55 bits per heavy atom. The van der Waals surface area contributed by atoms with E-state index in [1.165, 1.54) is 4.88 Å². The first-order chi connectivity index (χ1) is 10.5. The third-order valence-corrected chi connectivity index (χ3v) is 4.88. The second kappa shape index (κ2) is 6.18. The highest BCUT2D eigenvalue weighted by Gasteiger charge is 2.09. The summed E-state index contributed by atoms with van der Waals surface area (Å²) in [6, 6.07) is 10.1. The van der Waals surface area contributed by atoms with Crippen molar-refractivity contribution < 1.29 is 0 Å². The van der Waals surface area contributed by atoms with Gasteiger partial charge >= 0.3 is 0 Å². The van der Waals surface area contributed by atoms with Crippen LogP contribution in [-0.2, 0) is 6.54 Å². The molecular formula is C15H16BrN5S. The summed E-state index contributed by atoms with van der Waals surface area (Å²) in [5.74, 6) is 1.58. The molecule has 0 amide bonds. The highest BCUT2D eigenvalue weighted by molar-refractivity contribution is 9.11. The van der Waals surface area contributed by atoms with Gasteiger partial charge < -0.3 is 4.90 Å². The zero-order valence-corrected chi connectivity index (χ0v) is 15.0. The van der Waals surface area contributed by atoms with Gasteiger partial charge in [-0.1, -0.05) is 0 Å². The molecule has 0 radical (unpaired) electrons. The lowest BCUT2D eigenvalue weighted by atomic mass is 10.4. The second-order valence-corrected chi connectivity index (χ2v) is 7.70. The number of thiophene rings is 1. The van der Waals surface area contributed by atoms with E-state index in [1.54, 1.807) is 11.3 Å². The number of hydrogen-bond acceptors (Lipinski definition) is 5. The topological polar surface area (TPSA) is 46.8 Å². The molecular weight excluding hydrogens is 362 g/mol. The third-order valence-electron chi connectivity index (χ3n) is 3.28. The summed E-state index contributed by atoms with van der Waals surface area (Å²) in [5, 5.41) is 13.0. The van der Waals surface area contributed by atoms with Gasteiger partial charge in [-0.2, -0.15) is 5.10 Å². The van der Waals surface area contributed by atoms with Crippen LogP contribution in [0.25, 0.3) is 5.82 Å². The molecule has 0 aliphatic heterocycles. The fourth-order valence-corrected chi connectivity index (χ4v) is 3.78. The van der Waals surface area contributed by atoms with Gasteiger partial charge in [-0.05, 0) is 60.1 Å². The van der Waals surface area contributed by atoms with Gasteiger partial charge in [0.15, 0.2) is 11.6 Å². The smallest absolute Gasteiger partial charge is 0.176 e. The molecule has 0 aliphatic rings. The molecule has 3 rings (SSSR count). The first-order valence-electron chi connectivity index (χ1n) is 6.85. The summed E-state index contributed by atoms with van der Waals surface area (Å²) >= 11 is 5.21. The molecule has 0 N–H and O–H groups in total. The zero-order chi connectivity index (χ0) is 15.7. The van der Waals surface area contributed by atoms with Gasteiger partial charge in [-0.25, -0.2) is 4.68 Å². The molecule has 0 atom stereocenters. The van der Waals surface area contributed by atoms with Crippen LogP contribution in [0.2, 0.25) is 0 Å². The Bertz CT molecular complexity index is 778. The minimum Gasteiger partial charge on any atom is -0.353 e. The molecule has 5 nitrogen and oxygen atoms in total. The van der Waals surface area contributed by atoms with E-state index in [0.29, 0.717) is 0 Å². The molecule has 0 saturated carbocycles.